The Morgan fingerprint density at radius 3 is 2.71 bits per heavy atom. The summed E-state index contributed by atoms with van der Waals surface area (Å²) in [6, 6.07) is 3.63. The van der Waals surface area contributed by atoms with Crippen LogP contribution in [0.2, 0.25) is 0 Å². The maximum atomic E-state index is 12.0. The van der Waals surface area contributed by atoms with Gasteiger partial charge in [0.2, 0.25) is 6.79 Å². The van der Waals surface area contributed by atoms with Crippen LogP contribution in [0.25, 0.3) is 10.2 Å². The van der Waals surface area contributed by atoms with Gasteiger partial charge < -0.3 is 18.8 Å². The van der Waals surface area contributed by atoms with Crippen LogP contribution in [0, 0.1) is 5.92 Å². The minimum atomic E-state index is -0.381. The van der Waals surface area contributed by atoms with Crippen LogP contribution in [0.1, 0.15) is 20.8 Å². The molecule has 0 radical (unpaired) electrons. The van der Waals surface area contributed by atoms with E-state index in [1.165, 1.54) is 11.3 Å². The zero-order valence-corrected chi connectivity index (χ0v) is 14.5. The van der Waals surface area contributed by atoms with Gasteiger partial charge in [-0.15, -0.1) is 0 Å². The number of thiazole rings is 1. The van der Waals surface area contributed by atoms with Gasteiger partial charge in [-0.05, 0) is 6.92 Å². The molecule has 7 nitrogen and oxygen atoms in total. The van der Waals surface area contributed by atoms with Crippen molar-refractivity contribution in [3.8, 4) is 11.5 Å². The maximum absolute atomic E-state index is 12.0. The van der Waals surface area contributed by atoms with Crippen molar-refractivity contribution in [1.82, 2.24) is 4.57 Å². The number of carbonyl (C=O) groups excluding carboxylic acids is 2. The van der Waals surface area contributed by atoms with E-state index in [4.69, 9.17) is 14.2 Å². The molecular weight excluding hydrogens is 332 g/mol. The Morgan fingerprint density at radius 2 is 2.04 bits per heavy atom. The Morgan fingerprint density at radius 1 is 1.33 bits per heavy atom. The normalized spacial score (nSPS) is 13.8. The molecule has 0 saturated heterocycles. The monoisotopic (exact) mass is 350 g/mol. The molecule has 128 valence electrons. The zero-order chi connectivity index (χ0) is 17.3. The van der Waals surface area contributed by atoms with Crippen molar-refractivity contribution < 1.29 is 23.8 Å². The highest BCUT2D eigenvalue weighted by atomic mass is 32.1. The van der Waals surface area contributed by atoms with Crippen molar-refractivity contribution in [2.75, 3.05) is 13.4 Å². The van der Waals surface area contributed by atoms with E-state index in [1.54, 1.807) is 31.4 Å². The summed E-state index contributed by atoms with van der Waals surface area (Å²) in [6.45, 7) is 5.77. The molecule has 1 aliphatic heterocycles. The zero-order valence-electron chi connectivity index (χ0n) is 13.7. The Hall–Kier alpha value is -2.35. The number of ether oxygens (including phenoxy) is 3. The number of carbonyl (C=O) groups is 2. The van der Waals surface area contributed by atoms with Crippen molar-refractivity contribution in [1.29, 1.82) is 0 Å². The van der Waals surface area contributed by atoms with E-state index in [2.05, 4.69) is 4.99 Å². The molecule has 2 heterocycles. The van der Waals surface area contributed by atoms with Crippen molar-refractivity contribution in [2.45, 2.75) is 27.3 Å². The first-order valence-corrected chi connectivity index (χ1v) is 8.48. The lowest BCUT2D eigenvalue weighted by atomic mass is 10.2. The third-order valence-electron chi connectivity index (χ3n) is 3.47. The fourth-order valence-corrected chi connectivity index (χ4v) is 3.30. The summed E-state index contributed by atoms with van der Waals surface area (Å²) in [4.78, 5) is 28.6. The van der Waals surface area contributed by atoms with Gasteiger partial charge in [-0.1, -0.05) is 25.2 Å². The van der Waals surface area contributed by atoms with Gasteiger partial charge in [0.25, 0.3) is 5.91 Å². The van der Waals surface area contributed by atoms with Crippen LogP contribution < -0.4 is 14.3 Å². The number of rotatable bonds is 4. The lowest BCUT2D eigenvalue weighted by Crippen LogP contribution is -2.23. The van der Waals surface area contributed by atoms with Crippen LogP contribution >= 0.6 is 11.3 Å². The predicted octanol–water partition coefficient (Wildman–Crippen LogP) is 2.08. The number of fused-ring (bicyclic) bond motifs is 2. The molecule has 3 rings (SSSR count). The molecule has 0 fully saturated rings. The van der Waals surface area contributed by atoms with Gasteiger partial charge in [0, 0.05) is 18.1 Å². The van der Waals surface area contributed by atoms with Gasteiger partial charge in [0.15, 0.2) is 16.3 Å². The van der Waals surface area contributed by atoms with E-state index in [0.717, 1.165) is 10.2 Å². The van der Waals surface area contributed by atoms with Crippen LogP contribution in [0.5, 0.6) is 11.5 Å². The molecule has 0 atom stereocenters. The first kappa shape index (κ1) is 16.5. The fraction of sp³-hybridized carbons (Fsp3) is 0.438. The van der Waals surface area contributed by atoms with E-state index in [-0.39, 0.29) is 31.1 Å². The third-order valence-corrected chi connectivity index (χ3v) is 4.51. The summed E-state index contributed by atoms with van der Waals surface area (Å²) in [5, 5.41) is 0. The quantitative estimate of drug-likeness (QED) is 0.789. The summed E-state index contributed by atoms with van der Waals surface area (Å²) in [5.41, 5.74) is 0.757. The highest BCUT2D eigenvalue weighted by Crippen LogP contribution is 2.36. The largest absolute Gasteiger partial charge is 0.465 e. The summed E-state index contributed by atoms with van der Waals surface area (Å²) < 4.78 is 18.3. The molecule has 1 aromatic carbocycles. The summed E-state index contributed by atoms with van der Waals surface area (Å²) >= 11 is 1.33. The highest BCUT2D eigenvalue weighted by molar-refractivity contribution is 7.16. The number of amides is 1. The first-order chi connectivity index (χ1) is 11.5. The van der Waals surface area contributed by atoms with Gasteiger partial charge in [-0.3, -0.25) is 9.59 Å². The minimum Gasteiger partial charge on any atom is -0.465 e. The van der Waals surface area contributed by atoms with E-state index in [9.17, 15) is 9.59 Å². The standard InChI is InChI=1S/C16H18N2O5S/c1-4-21-14(19)7-18-10-5-11-12(23-8-22-11)6-13(10)24-16(18)17-15(20)9(2)3/h5-6,9H,4,7-8H2,1-3H3. The van der Waals surface area contributed by atoms with Crippen LogP contribution in [0.15, 0.2) is 17.1 Å². The SMILES string of the molecule is CCOC(=O)Cn1c(=NC(=O)C(C)C)sc2cc3c(cc21)OCO3. The van der Waals surface area contributed by atoms with E-state index < -0.39 is 0 Å². The van der Waals surface area contributed by atoms with E-state index in [0.29, 0.717) is 22.9 Å². The van der Waals surface area contributed by atoms with Gasteiger partial charge in [0.05, 0.1) is 16.8 Å². The molecule has 0 aliphatic carbocycles. The molecular formula is C16H18N2O5S. The van der Waals surface area contributed by atoms with Gasteiger partial charge in [-0.2, -0.15) is 4.99 Å². The Kier molecular flexibility index (Phi) is 4.57. The molecule has 0 spiro atoms. The molecule has 8 heteroatoms. The summed E-state index contributed by atoms with van der Waals surface area (Å²) in [6.07, 6.45) is 0. The molecule has 1 aromatic heterocycles. The van der Waals surface area contributed by atoms with Crippen molar-refractivity contribution in [3.05, 3.63) is 16.9 Å². The molecule has 24 heavy (non-hydrogen) atoms. The fourth-order valence-electron chi connectivity index (χ4n) is 2.26. The van der Waals surface area contributed by atoms with E-state index >= 15 is 0 Å². The number of nitrogens with zero attached hydrogens (tertiary/aromatic N) is 2. The number of aromatic nitrogens is 1. The van der Waals surface area contributed by atoms with E-state index in [1.807, 2.05) is 6.07 Å². The maximum Gasteiger partial charge on any atom is 0.326 e. The van der Waals surface area contributed by atoms with Gasteiger partial charge in [-0.25, -0.2) is 0 Å². The Bertz CT molecular complexity index is 865. The second-order valence-electron chi connectivity index (χ2n) is 5.55. The molecule has 2 aromatic rings. The Balaban J connectivity index is 2.15. The average Bonchev–Trinajstić information content (AvgIpc) is 3.10. The number of benzene rings is 1. The topological polar surface area (TPSA) is 79.1 Å². The van der Waals surface area contributed by atoms with Crippen LogP contribution in [0.3, 0.4) is 0 Å². The summed E-state index contributed by atoms with van der Waals surface area (Å²) in [5.74, 6) is 0.420. The lowest BCUT2D eigenvalue weighted by molar-refractivity contribution is -0.143. The van der Waals surface area contributed by atoms with Crippen molar-refractivity contribution >= 4 is 33.4 Å². The third kappa shape index (κ3) is 3.14. The number of hydrogen-bond acceptors (Lipinski definition) is 6. The van der Waals surface area contributed by atoms with Crippen LogP contribution in [-0.2, 0) is 20.9 Å². The van der Waals surface area contributed by atoms with Crippen molar-refractivity contribution in [2.24, 2.45) is 10.9 Å². The van der Waals surface area contributed by atoms with Crippen LogP contribution in [-0.4, -0.2) is 29.8 Å². The number of hydrogen-bond donors (Lipinski definition) is 0. The predicted molar refractivity (Wildman–Crippen MR) is 88.0 cm³/mol. The number of esters is 1. The molecule has 0 unspecified atom stereocenters. The molecule has 0 saturated carbocycles. The Labute approximate surface area is 142 Å². The average molecular weight is 350 g/mol. The molecule has 1 amide bonds. The van der Waals surface area contributed by atoms with Gasteiger partial charge >= 0.3 is 5.97 Å². The molecule has 0 bridgehead atoms. The van der Waals surface area contributed by atoms with Crippen molar-refractivity contribution in [3.63, 3.8) is 0 Å². The highest BCUT2D eigenvalue weighted by Gasteiger charge is 2.19. The van der Waals surface area contributed by atoms with Crippen LogP contribution in [0.4, 0.5) is 0 Å². The first-order valence-electron chi connectivity index (χ1n) is 7.66. The smallest absolute Gasteiger partial charge is 0.326 e. The lowest BCUT2D eigenvalue weighted by Gasteiger charge is -2.06. The second-order valence-corrected chi connectivity index (χ2v) is 6.56. The minimum absolute atomic E-state index is 0.0162. The second kappa shape index (κ2) is 6.64. The molecule has 0 N–H and O–H groups in total. The van der Waals surface area contributed by atoms with Gasteiger partial charge in [0.1, 0.15) is 6.54 Å². The summed E-state index contributed by atoms with van der Waals surface area (Å²) in [7, 11) is 0. The molecule has 1 aliphatic rings.